The van der Waals surface area contributed by atoms with Gasteiger partial charge in [0.1, 0.15) is 11.5 Å². The molecule has 1 aliphatic carbocycles. The van der Waals surface area contributed by atoms with Crippen molar-refractivity contribution in [3.05, 3.63) is 36.4 Å². The number of aliphatic carboxylic acids is 1. The summed E-state index contributed by atoms with van der Waals surface area (Å²) in [5, 5.41) is 17.4. The molecule has 0 bridgehead atoms. The normalized spacial score (nSPS) is 14.7. The smallest absolute Gasteiger partial charge is 0.308 e. The Morgan fingerprint density at radius 1 is 0.903 bits per heavy atom. The average Bonchev–Trinajstić information content (AvgIpc) is 3.24. The highest BCUT2D eigenvalue weighted by atomic mass is 16.5. The molecule has 0 radical (unpaired) electrons. The Bertz CT molecular complexity index is 636. The van der Waals surface area contributed by atoms with E-state index in [-0.39, 0.29) is 11.7 Å². The number of hydrogen-bond donors (Lipinski definition) is 2. The molecular formula is C26H40O5. The van der Waals surface area contributed by atoms with Crippen molar-refractivity contribution >= 4 is 11.9 Å². The van der Waals surface area contributed by atoms with Crippen LogP contribution in [-0.2, 0) is 9.59 Å². The van der Waals surface area contributed by atoms with Crippen molar-refractivity contribution in [1.82, 2.24) is 0 Å². The van der Waals surface area contributed by atoms with Crippen LogP contribution in [-0.4, -0.2) is 22.2 Å². The molecular weight excluding hydrogens is 392 g/mol. The zero-order valence-electron chi connectivity index (χ0n) is 19.1. The van der Waals surface area contributed by atoms with Crippen molar-refractivity contribution < 1.29 is 24.5 Å². The molecule has 1 aliphatic rings. The fraction of sp³-hybridized carbons (Fsp3) is 0.615. The molecule has 0 aromatic heterocycles. The van der Waals surface area contributed by atoms with Crippen molar-refractivity contribution in [3.8, 4) is 11.5 Å². The highest BCUT2D eigenvalue weighted by Crippen LogP contribution is 2.23. The quantitative estimate of drug-likeness (QED) is 0.143. The summed E-state index contributed by atoms with van der Waals surface area (Å²) in [5.74, 6) is 0.464. The molecule has 0 fully saturated rings. The van der Waals surface area contributed by atoms with Crippen molar-refractivity contribution in [2.75, 3.05) is 0 Å². The molecule has 0 saturated carbocycles. The van der Waals surface area contributed by atoms with E-state index < -0.39 is 5.97 Å². The van der Waals surface area contributed by atoms with Gasteiger partial charge in [-0.2, -0.15) is 0 Å². The van der Waals surface area contributed by atoms with Crippen LogP contribution in [0.3, 0.4) is 0 Å². The van der Waals surface area contributed by atoms with E-state index in [1.54, 1.807) is 0 Å². The lowest BCUT2D eigenvalue weighted by molar-refractivity contribution is -0.137. The summed E-state index contributed by atoms with van der Waals surface area (Å²) < 4.78 is 4.72. The lowest BCUT2D eigenvalue weighted by Crippen LogP contribution is -2.00. The molecule has 1 aromatic carbocycles. The Hall–Kier alpha value is -2.30. The molecule has 31 heavy (non-hydrogen) atoms. The predicted octanol–water partition coefficient (Wildman–Crippen LogP) is 7.04. The van der Waals surface area contributed by atoms with Crippen LogP contribution in [0.1, 0.15) is 96.8 Å². The molecule has 0 amide bonds. The summed E-state index contributed by atoms with van der Waals surface area (Å²) in [6.07, 6.45) is 21.9. The Kier molecular flexibility index (Phi) is 15.0. The number of carbonyl (C=O) groups excluding carboxylic acids is 1. The fourth-order valence-corrected chi connectivity index (χ4v) is 3.71. The van der Waals surface area contributed by atoms with E-state index in [1.165, 1.54) is 102 Å². The van der Waals surface area contributed by atoms with E-state index in [0.717, 1.165) is 18.8 Å². The van der Waals surface area contributed by atoms with E-state index in [9.17, 15) is 9.59 Å². The van der Waals surface area contributed by atoms with E-state index in [4.69, 9.17) is 14.9 Å². The van der Waals surface area contributed by atoms with E-state index >= 15 is 0 Å². The number of carbonyl (C=O) groups is 2. The van der Waals surface area contributed by atoms with E-state index in [1.807, 2.05) is 0 Å². The minimum absolute atomic E-state index is 0.154. The summed E-state index contributed by atoms with van der Waals surface area (Å²) in [5.41, 5.74) is 0. The van der Waals surface area contributed by atoms with Gasteiger partial charge < -0.3 is 14.9 Å². The van der Waals surface area contributed by atoms with Gasteiger partial charge in [-0.25, -0.2) is 0 Å². The highest BCUT2D eigenvalue weighted by Gasteiger charge is 2.07. The van der Waals surface area contributed by atoms with Crippen LogP contribution in [0.4, 0.5) is 0 Å². The van der Waals surface area contributed by atoms with Crippen LogP contribution < -0.4 is 4.74 Å². The number of esters is 1. The van der Waals surface area contributed by atoms with Crippen LogP contribution in [0.25, 0.3) is 0 Å². The Balaban J connectivity index is 0.000000367. The van der Waals surface area contributed by atoms with Crippen LogP contribution in [0.5, 0.6) is 11.5 Å². The van der Waals surface area contributed by atoms with Gasteiger partial charge in [0.25, 0.3) is 0 Å². The minimum Gasteiger partial charge on any atom is -0.508 e. The maximum atomic E-state index is 10.4. The number of unbranched alkanes of at least 4 members (excludes halogenated alkanes) is 9. The number of benzene rings is 1. The zero-order valence-corrected chi connectivity index (χ0v) is 19.1. The zero-order chi connectivity index (χ0) is 22.7. The number of hydrogen-bond acceptors (Lipinski definition) is 4. The SMILES string of the molecule is CC(=O)Oc1ccc(O)cc1.O=C(O)CCCCCCCCCCCCC1C=CCC1. The highest BCUT2D eigenvalue weighted by molar-refractivity contribution is 5.69. The molecule has 0 heterocycles. The molecule has 174 valence electrons. The van der Waals surface area contributed by atoms with Gasteiger partial charge in [-0.05, 0) is 55.9 Å². The third kappa shape index (κ3) is 16.1. The van der Waals surface area contributed by atoms with Crippen LogP contribution in [0, 0.1) is 5.92 Å². The summed E-state index contributed by atoms with van der Waals surface area (Å²) >= 11 is 0. The first kappa shape index (κ1) is 26.7. The van der Waals surface area contributed by atoms with Crippen LogP contribution >= 0.6 is 0 Å². The first-order valence-corrected chi connectivity index (χ1v) is 11.8. The molecule has 5 heteroatoms. The summed E-state index contributed by atoms with van der Waals surface area (Å²) in [6.45, 7) is 1.33. The molecule has 1 aromatic rings. The van der Waals surface area contributed by atoms with Crippen LogP contribution in [0.15, 0.2) is 36.4 Å². The standard InChI is InChI=1S/C18H32O2.C8H8O3/c19-18(20)16-10-8-6-4-2-1-3-5-7-9-13-17-14-11-12-15-17;1-6(9)11-8-4-2-7(10)3-5-8/h11,14,17H,1-10,12-13,15-16H2,(H,19,20);2-5,10H,1H3. The third-order valence-electron chi connectivity index (χ3n) is 5.43. The van der Waals surface area contributed by atoms with Crippen molar-refractivity contribution in [1.29, 1.82) is 0 Å². The number of carboxylic acids is 1. The fourth-order valence-electron chi connectivity index (χ4n) is 3.71. The summed E-state index contributed by atoms with van der Waals surface area (Å²) in [4.78, 5) is 20.8. The number of aromatic hydroxyl groups is 1. The number of phenols is 1. The van der Waals surface area contributed by atoms with Gasteiger partial charge in [0, 0.05) is 13.3 Å². The second kappa shape index (κ2) is 17.4. The number of ether oxygens (including phenoxy) is 1. The largest absolute Gasteiger partial charge is 0.508 e. The number of allylic oxidation sites excluding steroid dienone is 2. The first-order chi connectivity index (χ1) is 15.0. The van der Waals surface area contributed by atoms with Gasteiger partial charge >= 0.3 is 11.9 Å². The van der Waals surface area contributed by atoms with Crippen molar-refractivity contribution in [3.63, 3.8) is 0 Å². The molecule has 0 spiro atoms. The van der Waals surface area contributed by atoms with Crippen molar-refractivity contribution in [2.24, 2.45) is 5.92 Å². The van der Waals surface area contributed by atoms with Gasteiger partial charge in [-0.1, -0.05) is 69.9 Å². The van der Waals surface area contributed by atoms with Crippen molar-refractivity contribution in [2.45, 2.75) is 96.8 Å². The van der Waals surface area contributed by atoms with Gasteiger partial charge in [0.15, 0.2) is 0 Å². The summed E-state index contributed by atoms with van der Waals surface area (Å²) in [6, 6.07) is 5.96. The second-order valence-electron chi connectivity index (χ2n) is 8.32. The van der Waals surface area contributed by atoms with Gasteiger partial charge in [0.05, 0.1) is 0 Å². The van der Waals surface area contributed by atoms with Crippen LogP contribution in [0.2, 0.25) is 0 Å². The lowest BCUT2D eigenvalue weighted by Gasteiger charge is -2.06. The topological polar surface area (TPSA) is 83.8 Å². The number of phenolic OH excluding ortho intramolecular Hbond substituents is 1. The first-order valence-electron chi connectivity index (χ1n) is 11.8. The maximum Gasteiger partial charge on any atom is 0.308 e. The molecule has 0 aliphatic heterocycles. The Morgan fingerprint density at radius 3 is 1.94 bits per heavy atom. The predicted molar refractivity (Wildman–Crippen MR) is 124 cm³/mol. The van der Waals surface area contributed by atoms with E-state index in [0.29, 0.717) is 12.2 Å². The molecule has 2 N–H and O–H groups in total. The molecule has 5 nitrogen and oxygen atoms in total. The summed E-state index contributed by atoms with van der Waals surface area (Å²) in [7, 11) is 0. The van der Waals surface area contributed by atoms with Gasteiger partial charge in [-0.15, -0.1) is 0 Å². The monoisotopic (exact) mass is 432 g/mol. The second-order valence-corrected chi connectivity index (χ2v) is 8.32. The minimum atomic E-state index is -0.655. The molecule has 1 atom stereocenters. The Morgan fingerprint density at radius 2 is 1.45 bits per heavy atom. The Labute approximate surface area is 187 Å². The number of carboxylic acid groups (broad SMARTS) is 1. The average molecular weight is 433 g/mol. The molecule has 2 rings (SSSR count). The van der Waals surface area contributed by atoms with E-state index in [2.05, 4.69) is 12.2 Å². The number of rotatable bonds is 14. The third-order valence-corrected chi connectivity index (χ3v) is 5.43. The van der Waals surface area contributed by atoms with Gasteiger partial charge in [-0.3, -0.25) is 9.59 Å². The lowest BCUT2D eigenvalue weighted by atomic mass is 9.99. The molecule has 0 saturated heterocycles. The maximum absolute atomic E-state index is 10.4. The van der Waals surface area contributed by atoms with Gasteiger partial charge in [0.2, 0.25) is 0 Å². The molecule has 1 unspecified atom stereocenters.